The quantitative estimate of drug-likeness (QED) is 0.346. The summed E-state index contributed by atoms with van der Waals surface area (Å²) in [6, 6.07) is 3.52. The fourth-order valence-electron chi connectivity index (χ4n) is 2.57. The van der Waals surface area contributed by atoms with Gasteiger partial charge in [0.2, 0.25) is 5.91 Å². The number of ether oxygens (including phenoxy) is 2. The molecule has 10 heteroatoms. The number of halogens is 2. The summed E-state index contributed by atoms with van der Waals surface area (Å²) in [5.74, 6) is -0.899. The van der Waals surface area contributed by atoms with E-state index in [1.807, 2.05) is 0 Å². The second-order valence-corrected chi connectivity index (χ2v) is 8.82. The molecule has 3 N–H and O–H groups in total. The fourth-order valence-corrected chi connectivity index (χ4v) is 2.87. The molecule has 0 saturated carbocycles. The summed E-state index contributed by atoms with van der Waals surface area (Å²) < 4.78 is 9.95. The third-order valence-corrected chi connectivity index (χ3v) is 4.83. The molecule has 8 nitrogen and oxygen atoms in total. The smallest absolute Gasteiger partial charge is 0.407 e. The van der Waals surface area contributed by atoms with Gasteiger partial charge in [-0.25, -0.2) is 9.59 Å². The van der Waals surface area contributed by atoms with Crippen molar-refractivity contribution < 1.29 is 23.9 Å². The summed E-state index contributed by atoms with van der Waals surface area (Å²) in [5.41, 5.74) is 0.0618. The molecular formula is C21H31Cl2N3O5. The molecule has 2 amide bonds. The molecular weight excluding hydrogens is 445 g/mol. The van der Waals surface area contributed by atoms with Gasteiger partial charge in [0.05, 0.1) is 17.2 Å². The van der Waals surface area contributed by atoms with Gasteiger partial charge in [0.1, 0.15) is 17.7 Å². The van der Waals surface area contributed by atoms with E-state index in [4.69, 9.17) is 32.7 Å². The Morgan fingerprint density at radius 3 is 2.35 bits per heavy atom. The zero-order valence-corrected chi connectivity index (χ0v) is 20.0. The first kappa shape index (κ1) is 26.8. The van der Waals surface area contributed by atoms with Gasteiger partial charge in [-0.05, 0) is 65.2 Å². The van der Waals surface area contributed by atoms with Crippen LogP contribution in [0.15, 0.2) is 18.2 Å². The van der Waals surface area contributed by atoms with Crippen molar-refractivity contribution in [1.29, 1.82) is 0 Å². The van der Waals surface area contributed by atoms with E-state index in [2.05, 4.69) is 16.0 Å². The van der Waals surface area contributed by atoms with Crippen LogP contribution in [0.25, 0.3) is 0 Å². The van der Waals surface area contributed by atoms with Crippen LogP contribution in [0.3, 0.4) is 0 Å². The first-order chi connectivity index (χ1) is 14.4. The maximum absolute atomic E-state index is 12.5. The molecule has 1 aromatic carbocycles. The molecule has 0 spiro atoms. The number of amides is 2. The summed E-state index contributed by atoms with van der Waals surface area (Å²) in [4.78, 5) is 36.2. The lowest BCUT2D eigenvalue weighted by molar-refractivity contribution is -0.145. The van der Waals surface area contributed by atoms with E-state index in [1.54, 1.807) is 45.9 Å². The van der Waals surface area contributed by atoms with E-state index in [0.717, 1.165) is 0 Å². The average Bonchev–Trinajstić information content (AvgIpc) is 2.67. The van der Waals surface area contributed by atoms with Crippen LogP contribution >= 0.6 is 23.2 Å². The van der Waals surface area contributed by atoms with Gasteiger partial charge in [-0.3, -0.25) is 4.79 Å². The average molecular weight is 476 g/mol. The molecule has 0 aliphatic heterocycles. The van der Waals surface area contributed by atoms with Crippen molar-refractivity contribution >= 4 is 46.9 Å². The number of esters is 1. The second kappa shape index (κ2) is 12.6. The monoisotopic (exact) mass is 475 g/mol. The van der Waals surface area contributed by atoms with Crippen LogP contribution in [-0.4, -0.2) is 49.3 Å². The van der Waals surface area contributed by atoms with Crippen molar-refractivity contribution in [2.75, 3.05) is 19.0 Å². The van der Waals surface area contributed by atoms with Crippen LogP contribution in [-0.2, 0) is 19.1 Å². The number of carbonyl (C=O) groups is 3. The number of methoxy groups -OCH3 is 1. The number of alkyl carbamates (subject to hydrolysis) is 1. The normalized spacial score (nSPS) is 13.0. The first-order valence-electron chi connectivity index (χ1n) is 9.99. The zero-order chi connectivity index (χ0) is 23.6. The Morgan fingerprint density at radius 1 is 1.10 bits per heavy atom. The van der Waals surface area contributed by atoms with Crippen LogP contribution in [0.1, 0.15) is 47.0 Å². The van der Waals surface area contributed by atoms with E-state index < -0.39 is 29.7 Å². The van der Waals surface area contributed by atoms with E-state index >= 15 is 0 Å². The number of nitrogens with one attached hydrogen (secondary N) is 3. The Morgan fingerprint density at radius 2 is 1.77 bits per heavy atom. The highest BCUT2D eigenvalue weighted by molar-refractivity contribution is 6.42. The number of hydrogen-bond acceptors (Lipinski definition) is 6. The molecule has 0 aliphatic carbocycles. The Kier molecular flexibility index (Phi) is 10.9. The minimum atomic E-state index is -0.794. The molecule has 0 saturated heterocycles. The number of rotatable bonds is 10. The second-order valence-electron chi connectivity index (χ2n) is 8.00. The van der Waals surface area contributed by atoms with Gasteiger partial charge in [-0.1, -0.05) is 23.2 Å². The topological polar surface area (TPSA) is 106 Å². The Labute approximate surface area is 193 Å². The molecule has 2 atom stereocenters. The van der Waals surface area contributed by atoms with Crippen LogP contribution in [0, 0.1) is 0 Å². The van der Waals surface area contributed by atoms with Crippen molar-refractivity contribution in [1.82, 2.24) is 10.6 Å². The molecule has 174 valence electrons. The van der Waals surface area contributed by atoms with Gasteiger partial charge < -0.3 is 25.4 Å². The van der Waals surface area contributed by atoms with Crippen molar-refractivity contribution in [3.63, 3.8) is 0 Å². The van der Waals surface area contributed by atoms with Crippen molar-refractivity contribution in [3.05, 3.63) is 28.2 Å². The lowest BCUT2D eigenvalue weighted by atomic mass is 10.1. The molecule has 0 aromatic heterocycles. The number of hydrogen-bond donors (Lipinski definition) is 3. The molecule has 1 unspecified atom stereocenters. The van der Waals surface area contributed by atoms with Crippen molar-refractivity contribution in [2.24, 2.45) is 0 Å². The minimum Gasteiger partial charge on any atom is -0.467 e. The highest BCUT2D eigenvalue weighted by Crippen LogP contribution is 2.25. The molecule has 1 rings (SSSR count). The molecule has 0 fully saturated rings. The number of carbonyl (C=O) groups excluding carboxylic acids is 3. The molecule has 0 bridgehead atoms. The zero-order valence-electron chi connectivity index (χ0n) is 18.5. The maximum atomic E-state index is 12.5. The molecule has 0 radical (unpaired) electrons. The molecule has 31 heavy (non-hydrogen) atoms. The summed E-state index contributed by atoms with van der Waals surface area (Å²) in [6.45, 7) is 7.41. The van der Waals surface area contributed by atoms with Crippen LogP contribution in [0.4, 0.5) is 10.5 Å². The van der Waals surface area contributed by atoms with Crippen molar-refractivity contribution in [2.45, 2.75) is 64.6 Å². The SMILES string of the molecule is COC(=O)[C@H](CCCCNC(=O)OC(C)(C)C)NC(=O)C(C)Nc1ccc(Cl)c(Cl)c1. The van der Waals surface area contributed by atoms with E-state index in [0.29, 0.717) is 41.5 Å². The Balaban J connectivity index is 2.50. The fraction of sp³-hybridized carbons (Fsp3) is 0.571. The van der Waals surface area contributed by atoms with Crippen LogP contribution < -0.4 is 16.0 Å². The number of anilines is 1. The van der Waals surface area contributed by atoms with E-state index in [9.17, 15) is 14.4 Å². The predicted octanol–water partition coefficient (Wildman–Crippen LogP) is 4.15. The van der Waals surface area contributed by atoms with Crippen molar-refractivity contribution in [3.8, 4) is 0 Å². The molecule has 1 aromatic rings. The largest absolute Gasteiger partial charge is 0.467 e. The lowest BCUT2D eigenvalue weighted by Gasteiger charge is -2.21. The Hall–Kier alpha value is -2.19. The van der Waals surface area contributed by atoms with Gasteiger partial charge in [0.15, 0.2) is 0 Å². The third kappa shape index (κ3) is 10.6. The van der Waals surface area contributed by atoms with Crippen LogP contribution in [0.5, 0.6) is 0 Å². The first-order valence-corrected chi connectivity index (χ1v) is 10.7. The highest BCUT2D eigenvalue weighted by atomic mass is 35.5. The highest BCUT2D eigenvalue weighted by Gasteiger charge is 2.24. The Bertz CT molecular complexity index is 768. The van der Waals surface area contributed by atoms with Crippen LogP contribution in [0.2, 0.25) is 10.0 Å². The minimum absolute atomic E-state index is 0.367. The maximum Gasteiger partial charge on any atom is 0.407 e. The number of benzene rings is 1. The summed E-state index contributed by atoms with van der Waals surface area (Å²) in [7, 11) is 1.27. The van der Waals surface area contributed by atoms with Gasteiger partial charge in [-0.15, -0.1) is 0 Å². The number of unbranched alkanes of at least 4 members (excludes halogenated alkanes) is 1. The van der Waals surface area contributed by atoms with E-state index in [-0.39, 0.29) is 5.91 Å². The molecule has 0 aliphatic rings. The lowest BCUT2D eigenvalue weighted by Crippen LogP contribution is -2.47. The van der Waals surface area contributed by atoms with Gasteiger partial charge >= 0.3 is 12.1 Å². The summed E-state index contributed by atoms with van der Waals surface area (Å²) >= 11 is 11.9. The summed E-state index contributed by atoms with van der Waals surface area (Å²) in [5, 5.41) is 9.14. The third-order valence-electron chi connectivity index (χ3n) is 4.09. The molecule has 0 heterocycles. The standard InChI is InChI=1S/C21H31Cl2N3O5/c1-13(25-14-9-10-15(22)16(23)12-14)18(27)26-17(19(28)30-5)8-6-7-11-24-20(29)31-21(2,3)4/h9-10,12-13,17,25H,6-8,11H2,1-5H3,(H,24,29)(H,26,27)/t13?,17-/m0/s1. The van der Waals surface area contributed by atoms with Gasteiger partial charge in [0, 0.05) is 12.2 Å². The van der Waals surface area contributed by atoms with Gasteiger partial charge in [-0.2, -0.15) is 0 Å². The summed E-state index contributed by atoms with van der Waals surface area (Å²) in [6.07, 6.45) is 1.07. The van der Waals surface area contributed by atoms with Gasteiger partial charge in [0.25, 0.3) is 0 Å². The predicted molar refractivity (Wildman–Crippen MR) is 122 cm³/mol. The van der Waals surface area contributed by atoms with E-state index in [1.165, 1.54) is 7.11 Å².